The van der Waals surface area contributed by atoms with E-state index in [0.29, 0.717) is 0 Å². The Kier molecular flexibility index (Phi) is 5.47. The van der Waals surface area contributed by atoms with E-state index in [2.05, 4.69) is 201 Å². The Hall–Kier alpha value is -7.04. The van der Waals surface area contributed by atoms with Gasteiger partial charge in [-0.1, -0.05) is 97.1 Å². The zero-order valence-electron chi connectivity index (χ0n) is 28.1. The summed E-state index contributed by atoms with van der Waals surface area (Å²) in [5, 5.41) is 5.04. The molecule has 2 aliphatic rings. The number of fused-ring (bicyclic) bond motifs is 10. The maximum Gasteiger partial charge on any atom is 0.0783 e. The van der Waals surface area contributed by atoms with Gasteiger partial charge in [-0.05, 0) is 96.1 Å². The van der Waals surface area contributed by atoms with Crippen LogP contribution in [0.15, 0.2) is 182 Å². The third-order valence-corrected chi connectivity index (χ3v) is 11.1. The van der Waals surface area contributed by atoms with Crippen LogP contribution in [-0.4, -0.2) is 9.13 Å². The first-order chi connectivity index (χ1) is 25.8. The smallest absolute Gasteiger partial charge is 0.0783 e. The average molecular weight is 663 g/mol. The Balaban J connectivity index is 1.08. The highest BCUT2D eigenvalue weighted by atomic mass is 15.2. The van der Waals surface area contributed by atoms with Crippen LogP contribution in [-0.2, 0) is 0 Å². The molecule has 0 atom stereocenters. The number of hydrogen-bond acceptors (Lipinski definition) is 2. The lowest BCUT2D eigenvalue weighted by Crippen LogP contribution is -2.17. The van der Waals surface area contributed by atoms with Gasteiger partial charge in [-0.15, -0.1) is 0 Å². The predicted molar refractivity (Wildman–Crippen MR) is 217 cm³/mol. The first-order valence-electron chi connectivity index (χ1n) is 17.9. The van der Waals surface area contributed by atoms with E-state index < -0.39 is 0 Å². The van der Waals surface area contributed by atoms with Gasteiger partial charge in [0.15, 0.2) is 0 Å². The molecule has 0 saturated heterocycles. The van der Waals surface area contributed by atoms with Crippen LogP contribution in [0, 0.1) is 0 Å². The number of hydrogen-bond donors (Lipinski definition) is 0. The molecule has 4 heterocycles. The minimum absolute atomic E-state index is 1.16. The summed E-state index contributed by atoms with van der Waals surface area (Å²) in [5.74, 6) is 0. The Morgan fingerprint density at radius 1 is 0.269 bits per heavy atom. The fraction of sp³-hybridized carbons (Fsp3) is 0. The second-order valence-corrected chi connectivity index (χ2v) is 13.8. The molecule has 0 unspecified atom stereocenters. The third-order valence-electron chi connectivity index (χ3n) is 11.1. The maximum absolute atomic E-state index is 2.46. The van der Waals surface area contributed by atoms with E-state index in [-0.39, 0.29) is 0 Å². The van der Waals surface area contributed by atoms with E-state index in [1.807, 2.05) is 0 Å². The summed E-state index contributed by atoms with van der Waals surface area (Å²) in [6.45, 7) is 0. The van der Waals surface area contributed by atoms with E-state index in [4.69, 9.17) is 0 Å². The summed E-state index contributed by atoms with van der Waals surface area (Å²) in [4.78, 5) is 4.80. The SMILES string of the molecule is c1ccc(N2c3ccccc3-n3c4ccc(-c5ccc6c(c5)c5cccc7c5n6-c5ccccc5N7c5ccccc5)cc4c4cccc2c43)cc1. The van der Waals surface area contributed by atoms with Gasteiger partial charge in [0.1, 0.15) is 0 Å². The van der Waals surface area contributed by atoms with E-state index in [1.54, 1.807) is 0 Å². The monoisotopic (exact) mass is 662 g/mol. The van der Waals surface area contributed by atoms with Gasteiger partial charge in [-0.2, -0.15) is 0 Å². The normalized spacial score (nSPS) is 12.9. The van der Waals surface area contributed by atoms with Crippen molar-refractivity contribution < 1.29 is 0 Å². The molecule has 52 heavy (non-hydrogen) atoms. The van der Waals surface area contributed by atoms with Crippen LogP contribution in [0.5, 0.6) is 0 Å². The van der Waals surface area contributed by atoms with Gasteiger partial charge >= 0.3 is 0 Å². The van der Waals surface area contributed by atoms with Gasteiger partial charge in [-0.25, -0.2) is 0 Å². The minimum atomic E-state index is 1.16. The Labute approximate surface area is 300 Å². The van der Waals surface area contributed by atoms with Crippen LogP contribution >= 0.6 is 0 Å². The third kappa shape index (κ3) is 3.60. The molecule has 4 heteroatoms. The van der Waals surface area contributed by atoms with Crippen LogP contribution in [0.3, 0.4) is 0 Å². The molecular formula is C48H30N4. The number of rotatable bonds is 3. The molecule has 4 nitrogen and oxygen atoms in total. The van der Waals surface area contributed by atoms with Crippen molar-refractivity contribution in [2.45, 2.75) is 0 Å². The van der Waals surface area contributed by atoms with E-state index in [1.165, 1.54) is 88.9 Å². The molecule has 0 saturated carbocycles. The van der Waals surface area contributed by atoms with Crippen molar-refractivity contribution in [3.8, 4) is 22.5 Å². The minimum Gasteiger partial charge on any atom is -0.306 e. The summed E-state index contributed by atoms with van der Waals surface area (Å²) in [6.07, 6.45) is 0. The molecule has 12 rings (SSSR count). The maximum atomic E-state index is 2.46. The molecular weight excluding hydrogens is 633 g/mol. The second-order valence-electron chi connectivity index (χ2n) is 13.8. The van der Waals surface area contributed by atoms with Crippen molar-refractivity contribution in [3.05, 3.63) is 182 Å². The lowest BCUT2D eigenvalue weighted by atomic mass is 10.0. The average Bonchev–Trinajstić information content (AvgIpc) is 3.73. The summed E-state index contributed by atoms with van der Waals surface area (Å²) in [6, 6.07) is 66.4. The summed E-state index contributed by atoms with van der Waals surface area (Å²) in [5.41, 5.74) is 16.8. The lowest BCUT2D eigenvalue weighted by Gasteiger charge is -2.33. The largest absolute Gasteiger partial charge is 0.306 e. The molecule has 2 aliphatic heterocycles. The number of aromatic nitrogens is 2. The summed E-state index contributed by atoms with van der Waals surface area (Å²) in [7, 11) is 0. The number of para-hydroxylation sites is 8. The Morgan fingerprint density at radius 2 is 0.654 bits per heavy atom. The Morgan fingerprint density at radius 3 is 1.10 bits per heavy atom. The van der Waals surface area contributed by atoms with Crippen LogP contribution < -0.4 is 9.80 Å². The molecule has 0 spiro atoms. The zero-order chi connectivity index (χ0) is 33.9. The molecule has 2 aromatic heterocycles. The molecule has 0 bridgehead atoms. The van der Waals surface area contributed by atoms with Crippen LogP contribution in [0.4, 0.5) is 34.1 Å². The van der Waals surface area contributed by atoms with Crippen LogP contribution in [0.1, 0.15) is 0 Å². The standard InChI is InChI=1S/C48H30N4/c1-3-13-33(14-4-1)49-41-19-7-9-21-43(41)51-39-27-25-31(29-37(39)35-17-11-23-45(49)47(35)51)32-26-28-40-38(30-32)36-18-12-24-46-48(36)52(40)44-22-10-8-20-42(44)50(46)34-15-5-2-6-16-34/h1-30H. The van der Waals surface area contributed by atoms with Gasteiger partial charge in [0.25, 0.3) is 0 Å². The Bertz CT molecular complexity index is 2870. The van der Waals surface area contributed by atoms with Crippen molar-refractivity contribution in [2.24, 2.45) is 0 Å². The molecule has 8 aromatic carbocycles. The van der Waals surface area contributed by atoms with Crippen molar-refractivity contribution in [2.75, 3.05) is 9.80 Å². The van der Waals surface area contributed by atoms with Crippen molar-refractivity contribution >= 4 is 77.7 Å². The summed E-state index contributed by atoms with van der Waals surface area (Å²) >= 11 is 0. The van der Waals surface area contributed by atoms with E-state index in [9.17, 15) is 0 Å². The summed E-state index contributed by atoms with van der Waals surface area (Å²) < 4.78 is 4.92. The molecule has 0 N–H and O–H groups in total. The van der Waals surface area contributed by atoms with Gasteiger partial charge in [0.05, 0.1) is 56.2 Å². The van der Waals surface area contributed by atoms with Crippen LogP contribution in [0.2, 0.25) is 0 Å². The molecule has 0 radical (unpaired) electrons. The van der Waals surface area contributed by atoms with Gasteiger partial charge in [-0.3, -0.25) is 0 Å². The van der Waals surface area contributed by atoms with Gasteiger partial charge in [0.2, 0.25) is 0 Å². The number of nitrogens with zero attached hydrogens (tertiary/aromatic N) is 4. The fourth-order valence-corrected chi connectivity index (χ4v) is 8.98. The zero-order valence-corrected chi connectivity index (χ0v) is 28.1. The molecule has 10 aromatic rings. The number of benzene rings is 8. The van der Waals surface area contributed by atoms with Gasteiger partial charge < -0.3 is 18.9 Å². The second kappa shape index (κ2) is 10.3. The van der Waals surface area contributed by atoms with Crippen molar-refractivity contribution in [1.29, 1.82) is 0 Å². The highest BCUT2D eigenvalue weighted by molar-refractivity contribution is 6.19. The molecule has 0 amide bonds. The van der Waals surface area contributed by atoms with E-state index >= 15 is 0 Å². The van der Waals surface area contributed by atoms with Crippen LogP contribution in [0.25, 0.3) is 66.1 Å². The quantitative estimate of drug-likeness (QED) is 0.187. The predicted octanol–water partition coefficient (Wildman–Crippen LogP) is 13.1. The fourth-order valence-electron chi connectivity index (χ4n) is 8.98. The lowest BCUT2D eigenvalue weighted by molar-refractivity contribution is 1.11. The van der Waals surface area contributed by atoms with E-state index in [0.717, 1.165) is 11.4 Å². The highest BCUT2D eigenvalue weighted by Gasteiger charge is 2.30. The topological polar surface area (TPSA) is 16.3 Å². The van der Waals surface area contributed by atoms with Gasteiger partial charge in [0, 0.05) is 32.9 Å². The first kappa shape index (κ1) is 27.7. The molecule has 0 fully saturated rings. The van der Waals surface area contributed by atoms with Crippen molar-refractivity contribution in [1.82, 2.24) is 9.13 Å². The van der Waals surface area contributed by atoms with Crippen molar-refractivity contribution in [3.63, 3.8) is 0 Å². The number of anilines is 6. The first-order valence-corrected chi connectivity index (χ1v) is 17.9. The molecule has 242 valence electrons. The molecule has 0 aliphatic carbocycles. The highest BCUT2D eigenvalue weighted by Crippen LogP contribution is 2.52.